The zero-order valence-electron chi connectivity index (χ0n) is 10.7. The topological polar surface area (TPSA) is 46.0 Å². The molecular formula is C15H15N3O. The number of rotatable bonds is 5. The Morgan fingerprint density at radius 3 is 2.47 bits per heavy atom. The van der Waals surface area contributed by atoms with Crippen LogP contribution in [0.5, 0.6) is 5.75 Å². The number of methoxy groups -OCH3 is 1. The minimum absolute atomic E-state index is 0.739. The lowest BCUT2D eigenvalue weighted by Crippen LogP contribution is -1.89. The van der Waals surface area contributed by atoms with Crippen molar-refractivity contribution in [1.82, 2.24) is 0 Å². The fraction of sp³-hybridized carbons (Fsp3) is 0.0667. The molecule has 0 radical (unpaired) electrons. The third-order valence-electron chi connectivity index (χ3n) is 2.41. The van der Waals surface area contributed by atoms with E-state index >= 15 is 0 Å². The predicted octanol–water partition coefficient (Wildman–Crippen LogP) is 3.50. The third kappa shape index (κ3) is 3.96. The Kier molecular flexibility index (Phi) is 4.70. The van der Waals surface area contributed by atoms with E-state index in [1.54, 1.807) is 19.5 Å². The van der Waals surface area contributed by atoms with Gasteiger partial charge in [-0.1, -0.05) is 30.3 Å². The lowest BCUT2D eigenvalue weighted by atomic mass is 10.3. The van der Waals surface area contributed by atoms with Crippen LogP contribution < -0.4 is 10.2 Å². The molecule has 19 heavy (non-hydrogen) atoms. The van der Waals surface area contributed by atoms with E-state index in [4.69, 9.17) is 4.74 Å². The van der Waals surface area contributed by atoms with Gasteiger partial charge in [-0.25, -0.2) is 0 Å². The summed E-state index contributed by atoms with van der Waals surface area (Å²) in [7, 11) is 1.62. The molecule has 2 aromatic rings. The molecule has 0 bridgehead atoms. The van der Waals surface area contributed by atoms with E-state index in [9.17, 15) is 0 Å². The van der Waals surface area contributed by atoms with Crippen LogP contribution in [0.3, 0.4) is 0 Å². The maximum atomic E-state index is 5.20. The Bertz CT molecular complexity index is 565. The van der Waals surface area contributed by atoms with Crippen molar-refractivity contribution in [3.63, 3.8) is 0 Å². The van der Waals surface area contributed by atoms with E-state index in [2.05, 4.69) is 15.5 Å². The Balaban J connectivity index is 1.93. The second-order valence-electron chi connectivity index (χ2n) is 3.71. The van der Waals surface area contributed by atoms with Crippen LogP contribution in [0.25, 0.3) is 0 Å². The quantitative estimate of drug-likeness (QED) is 0.655. The number of ether oxygens (including phenoxy) is 1. The fourth-order valence-electron chi connectivity index (χ4n) is 1.51. The Morgan fingerprint density at radius 1 is 0.947 bits per heavy atom. The summed E-state index contributed by atoms with van der Waals surface area (Å²) >= 11 is 0. The molecule has 0 saturated heterocycles. The second-order valence-corrected chi connectivity index (χ2v) is 3.71. The molecule has 0 aliphatic heterocycles. The standard InChI is InChI=1S/C15H15N3O/c1-19-15-10-6-5-9-14(15)16-11-12-17-18-13-7-3-2-4-8-13/h2-12,18H,1H3. The smallest absolute Gasteiger partial charge is 0.144 e. The monoisotopic (exact) mass is 253 g/mol. The van der Waals surface area contributed by atoms with Crippen LogP contribution in [-0.2, 0) is 0 Å². The normalized spacial score (nSPS) is 11.0. The number of nitrogens with one attached hydrogen (secondary N) is 1. The summed E-state index contributed by atoms with van der Waals surface area (Å²) < 4.78 is 5.20. The SMILES string of the molecule is COc1ccccc1N=CC=NNc1ccccc1. The van der Waals surface area contributed by atoms with Gasteiger partial charge in [0.05, 0.1) is 19.0 Å². The molecule has 0 saturated carbocycles. The highest BCUT2D eigenvalue weighted by molar-refractivity contribution is 6.17. The van der Waals surface area contributed by atoms with Crippen molar-refractivity contribution in [3.8, 4) is 5.75 Å². The minimum Gasteiger partial charge on any atom is -0.494 e. The van der Waals surface area contributed by atoms with E-state index in [1.807, 2.05) is 54.6 Å². The van der Waals surface area contributed by atoms with Crippen LogP contribution in [0.4, 0.5) is 11.4 Å². The Hall–Kier alpha value is -2.62. The van der Waals surface area contributed by atoms with Crippen molar-refractivity contribution in [1.29, 1.82) is 0 Å². The molecule has 4 nitrogen and oxygen atoms in total. The molecule has 0 unspecified atom stereocenters. The second kappa shape index (κ2) is 6.96. The maximum Gasteiger partial charge on any atom is 0.144 e. The number of hydrogen-bond donors (Lipinski definition) is 1. The van der Waals surface area contributed by atoms with Gasteiger partial charge < -0.3 is 4.74 Å². The largest absolute Gasteiger partial charge is 0.494 e. The summed E-state index contributed by atoms with van der Waals surface area (Å²) in [6.07, 6.45) is 3.22. The van der Waals surface area contributed by atoms with Crippen LogP contribution in [0.15, 0.2) is 64.7 Å². The van der Waals surface area contributed by atoms with E-state index in [1.165, 1.54) is 0 Å². The first kappa shape index (κ1) is 12.8. The fourth-order valence-corrected chi connectivity index (χ4v) is 1.51. The van der Waals surface area contributed by atoms with Gasteiger partial charge in [0.25, 0.3) is 0 Å². The Morgan fingerprint density at radius 2 is 1.68 bits per heavy atom. The average molecular weight is 253 g/mol. The predicted molar refractivity (Wildman–Crippen MR) is 79.7 cm³/mol. The molecule has 0 amide bonds. The van der Waals surface area contributed by atoms with Crippen LogP contribution in [0.1, 0.15) is 0 Å². The Labute approximate surface area is 112 Å². The van der Waals surface area contributed by atoms with Crippen molar-refractivity contribution in [2.75, 3.05) is 12.5 Å². The molecule has 0 atom stereocenters. The summed E-state index contributed by atoms with van der Waals surface area (Å²) in [6.45, 7) is 0. The van der Waals surface area contributed by atoms with Gasteiger partial charge in [-0.2, -0.15) is 5.10 Å². The van der Waals surface area contributed by atoms with Gasteiger partial charge in [0.15, 0.2) is 0 Å². The summed E-state index contributed by atoms with van der Waals surface area (Å²) in [4.78, 5) is 4.27. The van der Waals surface area contributed by atoms with Crippen LogP contribution in [-0.4, -0.2) is 19.5 Å². The lowest BCUT2D eigenvalue weighted by Gasteiger charge is -2.01. The summed E-state index contributed by atoms with van der Waals surface area (Å²) in [5.41, 5.74) is 4.62. The highest BCUT2D eigenvalue weighted by Gasteiger charge is 1.96. The summed E-state index contributed by atoms with van der Waals surface area (Å²) in [5, 5.41) is 4.05. The minimum atomic E-state index is 0.739. The molecule has 4 heteroatoms. The third-order valence-corrected chi connectivity index (χ3v) is 2.41. The van der Waals surface area contributed by atoms with Gasteiger partial charge in [-0.05, 0) is 24.3 Å². The molecule has 0 heterocycles. The number of benzene rings is 2. The first-order valence-electron chi connectivity index (χ1n) is 5.90. The highest BCUT2D eigenvalue weighted by Crippen LogP contribution is 2.25. The highest BCUT2D eigenvalue weighted by atomic mass is 16.5. The van der Waals surface area contributed by atoms with Crippen LogP contribution in [0, 0.1) is 0 Å². The summed E-state index contributed by atoms with van der Waals surface area (Å²) in [5.74, 6) is 0.739. The lowest BCUT2D eigenvalue weighted by molar-refractivity contribution is 0.416. The molecule has 0 fully saturated rings. The molecule has 2 aromatic carbocycles. The first-order valence-corrected chi connectivity index (χ1v) is 5.90. The van der Waals surface area contributed by atoms with Crippen molar-refractivity contribution >= 4 is 23.8 Å². The average Bonchev–Trinajstić information content (AvgIpc) is 2.48. The van der Waals surface area contributed by atoms with Crippen LogP contribution in [0.2, 0.25) is 0 Å². The van der Waals surface area contributed by atoms with Gasteiger partial charge in [0, 0.05) is 6.21 Å². The van der Waals surface area contributed by atoms with Gasteiger partial charge >= 0.3 is 0 Å². The van der Waals surface area contributed by atoms with Crippen molar-refractivity contribution < 1.29 is 4.74 Å². The number of anilines is 1. The molecule has 0 aliphatic rings. The molecule has 0 spiro atoms. The van der Waals surface area contributed by atoms with Crippen LogP contribution >= 0.6 is 0 Å². The van der Waals surface area contributed by atoms with Crippen molar-refractivity contribution in [2.24, 2.45) is 10.1 Å². The number of hydrazone groups is 1. The van der Waals surface area contributed by atoms with E-state index < -0.39 is 0 Å². The molecule has 96 valence electrons. The van der Waals surface area contributed by atoms with E-state index in [-0.39, 0.29) is 0 Å². The number of nitrogens with zero attached hydrogens (tertiary/aromatic N) is 2. The van der Waals surface area contributed by atoms with Crippen molar-refractivity contribution in [2.45, 2.75) is 0 Å². The zero-order valence-corrected chi connectivity index (χ0v) is 10.7. The van der Waals surface area contributed by atoms with Gasteiger partial charge in [-0.3, -0.25) is 10.4 Å². The molecular weight excluding hydrogens is 238 g/mol. The molecule has 1 N–H and O–H groups in total. The molecule has 2 rings (SSSR count). The molecule has 0 aliphatic carbocycles. The number of aliphatic imine (C=N–C) groups is 1. The maximum absolute atomic E-state index is 5.20. The first-order chi connectivity index (χ1) is 9.40. The van der Waals surface area contributed by atoms with E-state index in [0.717, 1.165) is 17.1 Å². The van der Waals surface area contributed by atoms with Gasteiger partial charge in [0.1, 0.15) is 11.4 Å². The summed E-state index contributed by atoms with van der Waals surface area (Å²) in [6, 6.07) is 17.3. The zero-order chi connectivity index (χ0) is 13.3. The van der Waals surface area contributed by atoms with Gasteiger partial charge in [-0.15, -0.1) is 0 Å². The van der Waals surface area contributed by atoms with Gasteiger partial charge in [0.2, 0.25) is 0 Å². The van der Waals surface area contributed by atoms with Crippen molar-refractivity contribution in [3.05, 3.63) is 54.6 Å². The number of hydrogen-bond acceptors (Lipinski definition) is 4. The number of para-hydroxylation sites is 3. The molecule has 0 aromatic heterocycles. The van der Waals surface area contributed by atoms with E-state index in [0.29, 0.717) is 0 Å².